The van der Waals surface area contributed by atoms with Crippen LogP contribution in [0.15, 0.2) is 17.6 Å². The van der Waals surface area contributed by atoms with Gasteiger partial charge in [0.05, 0.1) is 11.9 Å². The van der Waals surface area contributed by atoms with Gasteiger partial charge in [-0.05, 0) is 6.26 Å². The van der Waals surface area contributed by atoms with Crippen molar-refractivity contribution in [3.63, 3.8) is 0 Å². The molecular formula is C5H7N3S. The van der Waals surface area contributed by atoms with Crippen molar-refractivity contribution in [3.8, 4) is 0 Å². The van der Waals surface area contributed by atoms with Crippen LogP contribution in [0, 0.1) is 0 Å². The van der Waals surface area contributed by atoms with Gasteiger partial charge in [0.2, 0.25) is 0 Å². The zero-order valence-electron chi connectivity index (χ0n) is 5.03. The van der Waals surface area contributed by atoms with Crippen LogP contribution >= 0.6 is 11.8 Å². The van der Waals surface area contributed by atoms with Crippen molar-refractivity contribution in [1.29, 1.82) is 0 Å². The summed E-state index contributed by atoms with van der Waals surface area (Å²) in [6.45, 7) is 0. The Morgan fingerprint density at radius 1 is 1.67 bits per heavy atom. The van der Waals surface area contributed by atoms with Gasteiger partial charge in [-0.25, -0.2) is 9.97 Å². The predicted molar refractivity (Wildman–Crippen MR) is 38.2 cm³/mol. The van der Waals surface area contributed by atoms with Crippen molar-refractivity contribution in [2.45, 2.75) is 5.03 Å². The lowest BCUT2D eigenvalue weighted by molar-refractivity contribution is 1.06. The molecule has 1 aromatic heterocycles. The molecule has 0 aliphatic rings. The lowest BCUT2D eigenvalue weighted by Gasteiger charge is -1.95. The van der Waals surface area contributed by atoms with E-state index in [0.717, 1.165) is 5.03 Å². The monoisotopic (exact) mass is 141 g/mol. The molecule has 0 radical (unpaired) electrons. The fourth-order valence-electron chi connectivity index (χ4n) is 0.500. The number of rotatable bonds is 1. The van der Waals surface area contributed by atoms with E-state index in [9.17, 15) is 0 Å². The van der Waals surface area contributed by atoms with E-state index in [-0.39, 0.29) is 0 Å². The maximum absolute atomic E-state index is 5.49. The second-order valence-electron chi connectivity index (χ2n) is 1.49. The van der Waals surface area contributed by atoms with Crippen LogP contribution in [0.5, 0.6) is 0 Å². The number of anilines is 1. The normalized spacial score (nSPS) is 9.44. The first-order valence-electron chi connectivity index (χ1n) is 2.44. The largest absolute Gasteiger partial charge is 0.395 e. The van der Waals surface area contributed by atoms with Crippen molar-refractivity contribution in [1.82, 2.24) is 9.97 Å². The van der Waals surface area contributed by atoms with Crippen LogP contribution in [0.2, 0.25) is 0 Å². The summed E-state index contributed by atoms with van der Waals surface area (Å²) in [6.07, 6.45) is 5.01. The van der Waals surface area contributed by atoms with Crippen molar-refractivity contribution < 1.29 is 0 Å². The highest BCUT2D eigenvalue weighted by atomic mass is 32.2. The van der Waals surface area contributed by atoms with Gasteiger partial charge >= 0.3 is 0 Å². The molecule has 48 valence electrons. The molecule has 0 atom stereocenters. The van der Waals surface area contributed by atoms with Crippen LogP contribution in [0.25, 0.3) is 0 Å². The van der Waals surface area contributed by atoms with Gasteiger partial charge in [-0.3, -0.25) is 0 Å². The number of nitrogens with zero attached hydrogens (tertiary/aromatic N) is 2. The molecule has 1 aromatic rings. The maximum Gasteiger partial charge on any atom is 0.122 e. The third kappa shape index (κ3) is 1.32. The zero-order valence-corrected chi connectivity index (χ0v) is 5.85. The molecule has 0 bridgehead atoms. The highest BCUT2D eigenvalue weighted by Gasteiger charge is 1.94. The predicted octanol–water partition coefficient (Wildman–Crippen LogP) is 0.781. The Morgan fingerprint density at radius 3 is 2.89 bits per heavy atom. The Labute approximate surface area is 57.7 Å². The summed E-state index contributed by atoms with van der Waals surface area (Å²) < 4.78 is 0. The minimum Gasteiger partial charge on any atom is -0.395 e. The molecule has 0 amide bonds. The molecule has 1 rings (SSSR count). The summed E-state index contributed by atoms with van der Waals surface area (Å²) >= 11 is 1.52. The molecule has 2 N–H and O–H groups in total. The zero-order chi connectivity index (χ0) is 6.69. The molecular weight excluding hydrogens is 134 g/mol. The van der Waals surface area contributed by atoms with Gasteiger partial charge in [0.15, 0.2) is 0 Å². The van der Waals surface area contributed by atoms with Crippen LogP contribution in [0.4, 0.5) is 5.69 Å². The van der Waals surface area contributed by atoms with Crippen LogP contribution in [0.3, 0.4) is 0 Å². The molecule has 0 saturated carbocycles. The van der Waals surface area contributed by atoms with Gasteiger partial charge in [0, 0.05) is 0 Å². The van der Waals surface area contributed by atoms with E-state index in [1.165, 1.54) is 18.1 Å². The molecule has 4 heteroatoms. The molecule has 0 saturated heterocycles. The topological polar surface area (TPSA) is 51.8 Å². The van der Waals surface area contributed by atoms with Crippen LogP contribution in [-0.2, 0) is 0 Å². The first-order chi connectivity index (χ1) is 4.34. The van der Waals surface area contributed by atoms with Crippen molar-refractivity contribution in [2.75, 3.05) is 12.0 Å². The number of hydrogen-bond acceptors (Lipinski definition) is 4. The Kier molecular flexibility index (Phi) is 1.89. The SMILES string of the molecule is CSc1ncncc1N. The van der Waals surface area contributed by atoms with E-state index in [4.69, 9.17) is 5.73 Å². The number of nitrogen functional groups attached to an aromatic ring is 1. The quantitative estimate of drug-likeness (QED) is 0.464. The Balaban J connectivity index is 3.01. The summed E-state index contributed by atoms with van der Waals surface area (Å²) in [6, 6.07) is 0. The first-order valence-corrected chi connectivity index (χ1v) is 3.66. The summed E-state index contributed by atoms with van der Waals surface area (Å²) in [5, 5.41) is 0.838. The van der Waals surface area contributed by atoms with Crippen molar-refractivity contribution in [2.24, 2.45) is 0 Å². The minimum atomic E-state index is 0.644. The Hall–Kier alpha value is -0.770. The van der Waals surface area contributed by atoms with Gasteiger partial charge in [-0.2, -0.15) is 0 Å². The smallest absolute Gasteiger partial charge is 0.122 e. The van der Waals surface area contributed by atoms with Crippen LogP contribution in [-0.4, -0.2) is 16.2 Å². The molecule has 0 spiro atoms. The van der Waals surface area contributed by atoms with Gasteiger partial charge in [-0.1, -0.05) is 0 Å². The molecule has 3 nitrogen and oxygen atoms in total. The van der Waals surface area contributed by atoms with E-state index >= 15 is 0 Å². The minimum absolute atomic E-state index is 0.644. The Morgan fingerprint density at radius 2 is 2.44 bits per heavy atom. The number of nitrogens with two attached hydrogens (primary N) is 1. The standard InChI is InChI=1S/C5H7N3S/c1-9-5-4(6)2-7-3-8-5/h2-3H,6H2,1H3. The van der Waals surface area contributed by atoms with Crippen LogP contribution < -0.4 is 5.73 Å². The number of thioether (sulfide) groups is 1. The van der Waals surface area contributed by atoms with E-state index < -0.39 is 0 Å². The van der Waals surface area contributed by atoms with Crippen molar-refractivity contribution in [3.05, 3.63) is 12.5 Å². The molecule has 0 fully saturated rings. The summed E-state index contributed by atoms with van der Waals surface area (Å²) in [4.78, 5) is 7.67. The second kappa shape index (κ2) is 2.68. The highest BCUT2D eigenvalue weighted by molar-refractivity contribution is 7.98. The Bertz CT molecular complexity index is 201. The molecule has 0 aromatic carbocycles. The number of hydrogen-bond donors (Lipinski definition) is 1. The molecule has 1 heterocycles. The lowest BCUT2D eigenvalue weighted by Crippen LogP contribution is -1.91. The van der Waals surface area contributed by atoms with Gasteiger partial charge in [-0.15, -0.1) is 11.8 Å². The fourth-order valence-corrected chi connectivity index (χ4v) is 0.941. The van der Waals surface area contributed by atoms with E-state index in [2.05, 4.69) is 9.97 Å². The third-order valence-corrected chi connectivity index (χ3v) is 1.62. The van der Waals surface area contributed by atoms with Gasteiger partial charge in [0.1, 0.15) is 11.4 Å². The van der Waals surface area contributed by atoms with Gasteiger partial charge < -0.3 is 5.73 Å². The second-order valence-corrected chi connectivity index (χ2v) is 2.28. The van der Waals surface area contributed by atoms with Crippen molar-refractivity contribution >= 4 is 17.4 Å². The summed E-state index contributed by atoms with van der Waals surface area (Å²) in [5.41, 5.74) is 6.13. The van der Waals surface area contributed by atoms with E-state index in [1.54, 1.807) is 6.20 Å². The number of aromatic nitrogens is 2. The lowest BCUT2D eigenvalue weighted by atomic mass is 10.6. The van der Waals surface area contributed by atoms with Gasteiger partial charge in [0.25, 0.3) is 0 Å². The highest BCUT2D eigenvalue weighted by Crippen LogP contribution is 2.16. The molecule has 9 heavy (non-hydrogen) atoms. The van der Waals surface area contributed by atoms with E-state index in [1.807, 2.05) is 6.26 Å². The average molecular weight is 141 g/mol. The van der Waals surface area contributed by atoms with E-state index in [0.29, 0.717) is 5.69 Å². The molecule has 0 aliphatic heterocycles. The fraction of sp³-hybridized carbons (Fsp3) is 0.200. The summed E-state index contributed by atoms with van der Waals surface area (Å²) in [5.74, 6) is 0. The molecule has 0 aliphatic carbocycles. The maximum atomic E-state index is 5.49. The van der Waals surface area contributed by atoms with Crippen LogP contribution in [0.1, 0.15) is 0 Å². The summed E-state index contributed by atoms with van der Waals surface area (Å²) in [7, 11) is 0. The third-order valence-electron chi connectivity index (χ3n) is 0.896. The molecule has 0 unspecified atom stereocenters. The first kappa shape index (κ1) is 6.35. The average Bonchev–Trinajstić information content (AvgIpc) is 1.89.